The molecule has 10 nitrogen and oxygen atoms in total. The number of carboxylic acid groups (broad SMARTS) is 1. The van der Waals surface area contributed by atoms with Gasteiger partial charge in [-0.1, -0.05) is 0 Å². The molecule has 0 radical (unpaired) electrons. The molecule has 1 fully saturated rings. The summed E-state index contributed by atoms with van der Waals surface area (Å²) in [5, 5.41) is 19.0. The third-order valence-corrected chi connectivity index (χ3v) is 6.75. The van der Waals surface area contributed by atoms with Crippen LogP contribution in [0.1, 0.15) is 23.6 Å². The van der Waals surface area contributed by atoms with Crippen LogP contribution in [0.15, 0.2) is 36.8 Å². The lowest BCUT2D eigenvalue weighted by Crippen LogP contribution is -2.55. The minimum Gasteiger partial charge on any atom is -0.465 e. The second kappa shape index (κ2) is 8.67. The third kappa shape index (κ3) is 3.79. The molecule has 3 aromatic rings. The Balaban J connectivity index is 1.34. The van der Waals surface area contributed by atoms with E-state index in [9.17, 15) is 20.0 Å². The summed E-state index contributed by atoms with van der Waals surface area (Å²) in [5.41, 5.74) is 4.83. The van der Waals surface area contributed by atoms with Gasteiger partial charge in [0.1, 0.15) is 12.1 Å². The first-order chi connectivity index (χ1) is 16.5. The normalized spacial score (nSPS) is 18.0. The minimum absolute atomic E-state index is 0.0102. The summed E-state index contributed by atoms with van der Waals surface area (Å²) >= 11 is 0. The first kappa shape index (κ1) is 21.7. The lowest BCUT2D eigenvalue weighted by atomic mass is 9.92. The van der Waals surface area contributed by atoms with Crippen LogP contribution in [0, 0.1) is 11.3 Å². The maximum atomic E-state index is 13.1. The average Bonchev–Trinajstić information content (AvgIpc) is 3.25. The summed E-state index contributed by atoms with van der Waals surface area (Å²) in [6.07, 6.45) is 2.91. The van der Waals surface area contributed by atoms with Crippen molar-refractivity contribution in [2.45, 2.75) is 32.5 Å². The van der Waals surface area contributed by atoms with Crippen molar-refractivity contribution in [2.75, 3.05) is 31.1 Å². The highest BCUT2D eigenvalue weighted by atomic mass is 16.4. The largest absolute Gasteiger partial charge is 0.465 e. The van der Waals surface area contributed by atoms with E-state index in [4.69, 9.17) is 0 Å². The molecule has 10 heteroatoms. The maximum absolute atomic E-state index is 13.1. The van der Waals surface area contributed by atoms with Gasteiger partial charge >= 0.3 is 6.09 Å². The van der Waals surface area contributed by atoms with Crippen LogP contribution in [0.2, 0.25) is 0 Å². The Labute approximate surface area is 196 Å². The number of pyridine rings is 1. The molecule has 0 bridgehead atoms. The van der Waals surface area contributed by atoms with Gasteiger partial charge in [-0.3, -0.25) is 4.79 Å². The van der Waals surface area contributed by atoms with Crippen molar-refractivity contribution < 1.29 is 14.7 Å². The Morgan fingerprint density at radius 1 is 1.18 bits per heavy atom. The Kier molecular flexibility index (Phi) is 5.53. The number of imidazole rings is 1. The Morgan fingerprint density at radius 2 is 2.03 bits per heavy atom. The molecule has 0 aliphatic carbocycles. The van der Waals surface area contributed by atoms with E-state index in [0.717, 1.165) is 22.3 Å². The summed E-state index contributed by atoms with van der Waals surface area (Å²) in [5.74, 6) is 0.0102. The lowest BCUT2D eigenvalue weighted by Gasteiger charge is -2.42. The van der Waals surface area contributed by atoms with Crippen LogP contribution >= 0.6 is 0 Å². The Morgan fingerprint density at radius 3 is 2.79 bits per heavy atom. The molecule has 1 N–H and O–H groups in total. The first-order valence-corrected chi connectivity index (χ1v) is 11.3. The van der Waals surface area contributed by atoms with E-state index in [1.54, 1.807) is 17.1 Å². The number of carbonyl (C=O) groups excluding carboxylic acids is 1. The average molecular weight is 460 g/mol. The Bertz CT molecular complexity index is 1310. The number of anilines is 1. The standard InChI is InChI=1S/C24H25N7O3/c1-16-12-28(21-5-4-17(11-25)18-6-8-29(24(33)34)13-19(18)21)9-10-31(16)22(32)14-30-15-27-20-3-2-7-26-23(20)30/h2-5,7,15-16H,6,8-10,12-14H2,1H3,(H,33,34)/t16-/m1/s1. The molecule has 4 heterocycles. The van der Waals surface area contributed by atoms with Gasteiger partial charge < -0.3 is 24.4 Å². The second-order valence-electron chi connectivity index (χ2n) is 8.76. The van der Waals surface area contributed by atoms with Gasteiger partial charge in [-0.25, -0.2) is 14.8 Å². The molecule has 2 aromatic heterocycles. The van der Waals surface area contributed by atoms with Gasteiger partial charge in [0.05, 0.1) is 24.5 Å². The molecule has 2 amide bonds. The van der Waals surface area contributed by atoms with Crippen LogP contribution in [-0.4, -0.2) is 73.7 Å². The van der Waals surface area contributed by atoms with Crippen LogP contribution in [0.5, 0.6) is 0 Å². The predicted octanol–water partition coefficient (Wildman–Crippen LogP) is 2.08. The Hall–Kier alpha value is -4.13. The lowest BCUT2D eigenvalue weighted by molar-refractivity contribution is -0.134. The van der Waals surface area contributed by atoms with Crippen molar-refractivity contribution in [3.63, 3.8) is 0 Å². The fourth-order valence-corrected chi connectivity index (χ4v) is 5.02. The molecule has 0 saturated carbocycles. The minimum atomic E-state index is -0.954. The van der Waals surface area contributed by atoms with E-state index >= 15 is 0 Å². The zero-order valence-electron chi connectivity index (χ0n) is 18.9. The molecule has 5 rings (SSSR count). The predicted molar refractivity (Wildman–Crippen MR) is 124 cm³/mol. The molecule has 1 atom stereocenters. The van der Waals surface area contributed by atoms with Crippen molar-refractivity contribution in [1.82, 2.24) is 24.3 Å². The number of rotatable bonds is 3. The smallest absolute Gasteiger partial charge is 0.407 e. The van der Waals surface area contributed by atoms with Crippen LogP contribution in [0.25, 0.3) is 11.2 Å². The number of nitriles is 1. The number of fused-ring (bicyclic) bond motifs is 2. The second-order valence-corrected chi connectivity index (χ2v) is 8.76. The monoisotopic (exact) mass is 459 g/mol. The highest BCUT2D eigenvalue weighted by Crippen LogP contribution is 2.33. The quantitative estimate of drug-likeness (QED) is 0.637. The van der Waals surface area contributed by atoms with Gasteiger partial charge in [-0.05, 0) is 48.7 Å². The fourth-order valence-electron chi connectivity index (χ4n) is 5.02. The zero-order valence-corrected chi connectivity index (χ0v) is 18.9. The number of hydrogen-bond acceptors (Lipinski definition) is 6. The van der Waals surface area contributed by atoms with Crippen molar-refractivity contribution in [2.24, 2.45) is 0 Å². The molecule has 34 heavy (non-hydrogen) atoms. The fraction of sp³-hybridized carbons (Fsp3) is 0.375. The van der Waals surface area contributed by atoms with Crippen molar-refractivity contribution in [1.29, 1.82) is 5.26 Å². The molecule has 1 saturated heterocycles. The summed E-state index contributed by atoms with van der Waals surface area (Å²) in [4.78, 5) is 38.8. The van der Waals surface area contributed by atoms with Gasteiger partial charge in [0.2, 0.25) is 5.91 Å². The van der Waals surface area contributed by atoms with E-state index in [1.807, 2.05) is 36.1 Å². The van der Waals surface area contributed by atoms with Gasteiger partial charge in [0.25, 0.3) is 0 Å². The van der Waals surface area contributed by atoms with Crippen molar-refractivity contribution in [3.05, 3.63) is 53.5 Å². The van der Waals surface area contributed by atoms with Gasteiger partial charge in [0.15, 0.2) is 5.65 Å². The molecule has 0 unspecified atom stereocenters. The molecule has 2 aliphatic rings. The van der Waals surface area contributed by atoms with Crippen LogP contribution in [0.4, 0.5) is 10.5 Å². The van der Waals surface area contributed by atoms with Crippen LogP contribution < -0.4 is 4.90 Å². The topological polar surface area (TPSA) is 119 Å². The SMILES string of the molecule is C[C@@H]1CN(c2ccc(C#N)c3c2CN(C(=O)O)CC3)CCN1C(=O)Cn1cnc2cccnc21. The van der Waals surface area contributed by atoms with Gasteiger partial charge in [-0.15, -0.1) is 0 Å². The zero-order chi connectivity index (χ0) is 23.8. The summed E-state index contributed by atoms with van der Waals surface area (Å²) in [6, 6.07) is 9.64. The van der Waals surface area contributed by atoms with Crippen molar-refractivity contribution in [3.8, 4) is 6.07 Å². The summed E-state index contributed by atoms with van der Waals surface area (Å²) in [7, 11) is 0. The van der Waals surface area contributed by atoms with E-state index in [-0.39, 0.29) is 25.0 Å². The molecule has 0 spiro atoms. The highest BCUT2D eigenvalue weighted by Gasteiger charge is 2.31. The molecule has 174 valence electrons. The first-order valence-electron chi connectivity index (χ1n) is 11.3. The number of nitrogens with zero attached hydrogens (tertiary/aromatic N) is 7. The number of hydrogen-bond donors (Lipinski definition) is 1. The summed E-state index contributed by atoms with van der Waals surface area (Å²) in [6.45, 7) is 4.66. The maximum Gasteiger partial charge on any atom is 0.407 e. The van der Waals surface area contributed by atoms with Crippen LogP contribution in [0.3, 0.4) is 0 Å². The number of aromatic nitrogens is 3. The van der Waals surface area contributed by atoms with E-state index < -0.39 is 6.09 Å². The molecular weight excluding hydrogens is 434 g/mol. The van der Waals surface area contributed by atoms with E-state index in [2.05, 4.69) is 20.9 Å². The van der Waals surface area contributed by atoms with Gasteiger partial charge in [-0.2, -0.15) is 5.26 Å². The molecular formula is C24H25N7O3. The molecule has 1 aromatic carbocycles. The number of benzene rings is 1. The summed E-state index contributed by atoms with van der Waals surface area (Å²) < 4.78 is 1.77. The van der Waals surface area contributed by atoms with Crippen molar-refractivity contribution >= 4 is 28.9 Å². The van der Waals surface area contributed by atoms with E-state index in [1.165, 1.54) is 4.90 Å². The van der Waals surface area contributed by atoms with E-state index in [0.29, 0.717) is 43.8 Å². The molecule has 2 aliphatic heterocycles. The van der Waals surface area contributed by atoms with Crippen LogP contribution in [-0.2, 0) is 24.3 Å². The van der Waals surface area contributed by atoms with Gasteiger partial charge in [0, 0.05) is 44.1 Å². The third-order valence-electron chi connectivity index (χ3n) is 6.75. The number of carbonyl (C=O) groups is 2. The highest BCUT2D eigenvalue weighted by molar-refractivity contribution is 5.79. The number of piperazine rings is 1. The number of amides is 2.